The van der Waals surface area contributed by atoms with E-state index in [1.54, 1.807) is 4.90 Å². The summed E-state index contributed by atoms with van der Waals surface area (Å²) < 4.78 is 37.6. The fourth-order valence-corrected chi connectivity index (χ4v) is 3.55. The van der Waals surface area contributed by atoms with Gasteiger partial charge in [-0.15, -0.1) is 0 Å². The van der Waals surface area contributed by atoms with E-state index in [9.17, 15) is 22.8 Å². The number of alkyl halides is 3. The van der Waals surface area contributed by atoms with Gasteiger partial charge in [-0.3, -0.25) is 9.59 Å². The zero-order valence-corrected chi connectivity index (χ0v) is 13.0. The van der Waals surface area contributed by atoms with E-state index in [-0.39, 0.29) is 23.7 Å². The number of piperidine rings is 1. The molecule has 1 aliphatic carbocycles. The van der Waals surface area contributed by atoms with Crippen LogP contribution in [0.5, 0.6) is 0 Å². The van der Waals surface area contributed by atoms with Crippen LogP contribution in [0, 0.1) is 11.3 Å². The number of hydrogen-bond acceptors (Lipinski definition) is 2. The Bertz CT molecular complexity index is 646. The van der Waals surface area contributed by atoms with Crippen LogP contribution in [0.1, 0.15) is 30.4 Å². The standard InChI is InChI=1S/C17H18F3NO3/c18-17(19,20)12-3-1-11(2-4-12)9-14(22)21-7-5-16(6-8-21)10-13(16)15(23)24/h1-4,13H,5-10H2,(H,23,24). The molecule has 2 fully saturated rings. The highest BCUT2D eigenvalue weighted by Gasteiger charge is 2.59. The van der Waals surface area contributed by atoms with Crippen LogP contribution in [0.25, 0.3) is 0 Å². The van der Waals surface area contributed by atoms with Crippen LogP contribution < -0.4 is 0 Å². The second kappa shape index (κ2) is 5.79. The van der Waals surface area contributed by atoms with Gasteiger partial charge in [-0.2, -0.15) is 13.2 Å². The predicted molar refractivity (Wildman–Crippen MR) is 79.1 cm³/mol. The van der Waals surface area contributed by atoms with Crippen molar-refractivity contribution in [2.45, 2.75) is 31.9 Å². The van der Waals surface area contributed by atoms with E-state index in [0.29, 0.717) is 37.9 Å². The molecule has 0 aromatic heterocycles. The number of benzene rings is 1. The average molecular weight is 341 g/mol. The number of rotatable bonds is 3. The first kappa shape index (κ1) is 16.8. The monoisotopic (exact) mass is 341 g/mol. The third kappa shape index (κ3) is 3.25. The molecule has 1 saturated carbocycles. The molecular formula is C17H18F3NO3. The average Bonchev–Trinajstić information content (AvgIpc) is 3.21. The Hall–Kier alpha value is -2.05. The van der Waals surface area contributed by atoms with Crippen molar-refractivity contribution in [3.8, 4) is 0 Å². The van der Waals surface area contributed by atoms with Crippen molar-refractivity contribution in [1.82, 2.24) is 4.90 Å². The van der Waals surface area contributed by atoms with Gasteiger partial charge in [0.25, 0.3) is 0 Å². The molecule has 1 N–H and O–H groups in total. The molecule has 7 heteroatoms. The van der Waals surface area contributed by atoms with Crippen LogP contribution in [-0.2, 0) is 22.2 Å². The normalized spacial score (nSPS) is 22.5. The summed E-state index contributed by atoms with van der Waals surface area (Å²) in [7, 11) is 0. The minimum Gasteiger partial charge on any atom is -0.481 e. The third-order valence-corrected chi connectivity index (χ3v) is 5.24. The van der Waals surface area contributed by atoms with Crippen molar-refractivity contribution in [1.29, 1.82) is 0 Å². The topological polar surface area (TPSA) is 57.6 Å². The molecule has 24 heavy (non-hydrogen) atoms. The Morgan fingerprint density at radius 1 is 1.17 bits per heavy atom. The Labute approximate surface area is 137 Å². The Balaban J connectivity index is 1.54. The fraction of sp³-hybridized carbons (Fsp3) is 0.529. The van der Waals surface area contributed by atoms with Gasteiger partial charge < -0.3 is 10.0 Å². The molecule has 1 aromatic carbocycles. The maximum atomic E-state index is 12.5. The van der Waals surface area contributed by atoms with Crippen molar-refractivity contribution < 1.29 is 27.9 Å². The lowest BCUT2D eigenvalue weighted by molar-refractivity contribution is -0.140. The van der Waals surface area contributed by atoms with E-state index >= 15 is 0 Å². The van der Waals surface area contributed by atoms with Gasteiger partial charge in [-0.1, -0.05) is 12.1 Å². The van der Waals surface area contributed by atoms with Crippen molar-refractivity contribution >= 4 is 11.9 Å². The molecule has 1 spiro atoms. The molecule has 1 atom stereocenters. The lowest BCUT2D eigenvalue weighted by atomic mass is 9.90. The quantitative estimate of drug-likeness (QED) is 0.920. The molecule has 130 valence electrons. The summed E-state index contributed by atoms with van der Waals surface area (Å²) >= 11 is 0. The van der Waals surface area contributed by atoms with Gasteiger partial charge in [0, 0.05) is 13.1 Å². The largest absolute Gasteiger partial charge is 0.481 e. The van der Waals surface area contributed by atoms with Crippen LogP contribution in [-0.4, -0.2) is 35.0 Å². The van der Waals surface area contributed by atoms with Crippen LogP contribution in [0.2, 0.25) is 0 Å². The van der Waals surface area contributed by atoms with E-state index in [1.807, 2.05) is 0 Å². The number of halogens is 3. The number of carbonyl (C=O) groups is 2. The molecule has 1 aromatic rings. The number of amides is 1. The molecule has 1 heterocycles. The van der Waals surface area contributed by atoms with E-state index in [2.05, 4.69) is 0 Å². The molecule has 1 saturated heterocycles. The maximum Gasteiger partial charge on any atom is 0.416 e. The van der Waals surface area contributed by atoms with Gasteiger partial charge in [-0.25, -0.2) is 0 Å². The van der Waals surface area contributed by atoms with Crippen molar-refractivity contribution in [3.63, 3.8) is 0 Å². The van der Waals surface area contributed by atoms with Crippen molar-refractivity contribution in [2.24, 2.45) is 11.3 Å². The fourth-order valence-electron chi connectivity index (χ4n) is 3.55. The number of nitrogens with zero attached hydrogens (tertiary/aromatic N) is 1. The zero-order valence-electron chi connectivity index (χ0n) is 13.0. The molecule has 1 unspecified atom stereocenters. The van der Waals surface area contributed by atoms with Gasteiger partial charge >= 0.3 is 12.1 Å². The third-order valence-electron chi connectivity index (χ3n) is 5.24. The maximum absolute atomic E-state index is 12.5. The summed E-state index contributed by atoms with van der Waals surface area (Å²) in [6.07, 6.45) is -2.27. The molecule has 1 amide bonds. The Kier molecular flexibility index (Phi) is 4.05. The number of carbonyl (C=O) groups excluding carboxylic acids is 1. The Morgan fingerprint density at radius 2 is 1.75 bits per heavy atom. The number of likely N-dealkylation sites (tertiary alicyclic amines) is 1. The minimum absolute atomic E-state index is 0.0630. The van der Waals surface area contributed by atoms with E-state index < -0.39 is 17.7 Å². The predicted octanol–water partition coefficient (Wildman–Crippen LogP) is 2.96. The summed E-state index contributed by atoms with van der Waals surface area (Å²) in [4.78, 5) is 25.0. The molecular weight excluding hydrogens is 323 g/mol. The summed E-state index contributed by atoms with van der Waals surface area (Å²) in [5, 5.41) is 9.06. The first-order chi connectivity index (χ1) is 11.2. The highest BCUT2D eigenvalue weighted by Crippen LogP contribution is 2.59. The molecule has 1 aliphatic heterocycles. The lowest BCUT2D eigenvalue weighted by Crippen LogP contribution is -2.40. The highest BCUT2D eigenvalue weighted by molar-refractivity contribution is 5.79. The smallest absolute Gasteiger partial charge is 0.416 e. The molecule has 2 aliphatic rings. The SMILES string of the molecule is O=C(O)C1CC12CCN(C(=O)Cc1ccc(C(F)(F)F)cc1)CC2. The van der Waals surface area contributed by atoms with Crippen molar-refractivity contribution in [2.75, 3.05) is 13.1 Å². The van der Waals surface area contributed by atoms with Gasteiger partial charge in [0.1, 0.15) is 0 Å². The van der Waals surface area contributed by atoms with Crippen LogP contribution in [0.3, 0.4) is 0 Å². The van der Waals surface area contributed by atoms with Gasteiger partial charge in [0.15, 0.2) is 0 Å². The second-order valence-corrected chi connectivity index (χ2v) is 6.71. The minimum atomic E-state index is -4.38. The summed E-state index contributed by atoms with van der Waals surface area (Å²) in [6.45, 7) is 1.03. The van der Waals surface area contributed by atoms with Gasteiger partial charge in [0.2, 0.25) is 5.91 Å². The van der Waals surface area contributed by atoms with E-state index in [4.69, 9.17) is 5.11 Å². The van der Waals surface area contributed by atoms with Crippen LogP contribution in [0.4, 0.5) is 13.2 Å². The first-order valence-corrected chi connectivity index (χ1v) is 7.88. The molecule has 3 rings (SSSR count). The van der Waals surface area contributed by atoms with Crippen LogP contribution in [0.15, 0.2) is 24.3 Å². The molecule has 0 bridgehead atoms. The summed E-state index contributed by atoms with van der Waals surface area (Å²) in [6, 6.07) is 4.62. The van der Waals surface area contributed by atoms with Crippen LogP contribution >= 0.6 is 0 Å². The second-order valence-electron chi connectivity index (χ2n) is 6.71. The van der Waals surface area contributed by atoms with E-state index in [0.717, 1.165) is 12.1 Å². The molecule has 4 nitrogen and oxygen atoms in total. The summed E-state index contributed by atoms with van der Waals surface area (Å²) in [5.74, 6) is -1.18. The lowest BCUT2D eigenvalue weighted by Gasteiger charge is -2.32. The number of carboxylic acid groups (broad SMARTS) is 1. The summed E-state index contributed by atoms with van der Waals surface area (Å²) in [5.41, 5.74) is -0.327. The van der Waals surface area contributed by atoms with Gasteiger partial charge in [-0.05, 0) is 42.4 Å². The first-order valence-electron chi connectivity index (χ1n) is 7.88. The van der Waals surface area contributed by atoms with Gasteiger partial charge in [0.05, 0.1) is 17.9 Å². The van der Waals surface area contributed by atoms with E-state index in [1.165, 1.54) is 12.1 Å². The van der Waals surface area contributed by atoms with Crippen molar-refractivity contribution in [3.05, 3.63) is 35.4 Å². The Morgan fingerprint density at radius 3 is 2.21 bits per heavy atom. The highest BCUT2D eigenvalue weighted by atomic mass is 19.4. The molecule has 0 radical (unpaired) electrons. The zero-order chi connectivity index (χ0) is 17.5. The number of carboxylic acids is 1. The number of hydrogen-bond donors (Lipinski definition) is 1. The number of aliphatic carboxylic acids is 1.